The van der Waals surface area contributed by atoms with Crippen molar-refractivity contribution in [1.29, 1.82) is 0 Å². The monoisotopic (exact) mass is 542 g/mol. The number of guanidine groups is 1. The van der Waals surface area contributed by atoms with Crippen LogP contribution >= 0.6 is 35.3 Å². The summed E-state index contributed by atoms with van der Waals surface area (Å²) in [6.45, 7) is 2.62. The molecule has 4 rings (SSSR count). The molecule has 2 N–H and O–H groups in total. The van der Waals surface area contributed by atoms with E-state index < -0.39 is 0 Å². The molecule has 30 heavy (non-hydrogen) atoms. The van der Waals surface area contributed by atoms with Crippen LogP contribution in [0.2, 0.25) is 0 Å². The maximum Gasteiger partial charge on any atom is 0.191 e. The summed E-state index contributed by atoms with van der Waals surface area (Å²) in [4.78, 5) is 10.6. The third-order valence-corrected chi connectivity index (χ3v) is 5.59. The Labute approximate surface area is 197 Å². The summed E-state index contributed by atoms with van der Waals surface area (Å²) in [5, 5.41) is 13.6. The predicted molar refractivity (Wildman–Crippen MR) is 127 cm³/mol. The van der Waals surface area contributed by atoms with Crippen molar-refractivity contribution in [3.05, 3.63) is 58.2 Å². The summed E-state index contributed by atoms with van der Waals surface area (Å²) >= 11 is 1.72. The van der Waals surface area contributed by atoms with Gasteiger partial charge >= 0.3 is 0 Å². The van der Waals surface area contributed by atoms with Crippen LogP contribution in [0, 0.1) is 0 Å². The number of aromatic nitrogens is 3. The second-order valence-electron chi connectivity index (χ2n) is 6.94. The lowest BCUT2D eigenvalue weighted by atomic mass is 10.1. The minimum atomic E-state index is 0. The van der Waals surface area contributed by atoms with Gasteiger partial charge in [0.25, 0.3) is 0 Å². The smallest absolute Gasteiger partial charge is 0.191 e. The van der Waals surface area contributed by atoms with E-state index >= 15 is 0 Å². The first-order valence-corrected chi connectivity index (χ1v) is 10.7. The van der Waals surface area contributed by atoms with Crippen LogP contribution in [0.4, 0.5) is 0 Å². The number of ether oxygens (including phenoxy) is 1. The van der Waals surface area contributed by atoms with E-state index in [0.717, 1.165) is 55.7 Å². The number of hydrogen-bond acceptors (Lipinski definition) is 6. The molecular formula is C20H27IN6O2S. The highest BCUT2D eigenvalue weighted by Gasteiger charge is 2.22. The van der Waals surface area contributed by atoms with Crippen molar-refractivity contribution in [1.82, 2.24) is 25.4 Å². The van der Waals surface area contributed by atoms with Gasteiger partial charge in [-0.2, -0.15) is 5.10 Å². The van der Waals surface area contributed by atoms with E-state index in [0.29, 0.717) is 13.2 Å². The molecule has 1 atom stereocenters. The van der Waals surface area contributed by atoms with Crippen molar-refractivity contribution in [2.24, 2.45) is 4.99 Å². The van der Waals surface area contributed by atoms with Gasteiger partial charge in [0.2, 0.25) is 0 Å². The Bertz CT molecular complexity index is 910. The summed E-state index contributed by atoms with van der Waals surface area (Å²) in [5.41, 5.74) is 0. The van der Waals surface area contributed by atoms with Crippen LogP contribution in [0.5, 0.6) is 0 Å². The molecule has 1 aliphatic heterocycles. The Morgan fingerprint density at radius 2 is 2.33 bits per heavy atom. The fourth-order valence-corrected chi connectivity index (χ4v) is 3.96. The fourth-order valence-electron chi connectivity index (χ4n) is 3.33. The molecule has 0 aromatic carbocycles. The number of hydrogen-bond donors (Lipinski definition) is 2. The fraction of sp³-hybridized carbons (Fsp3) is 0.450. The third-order valence-electron chi connectivity index (χ3n) is 4.73. The highest BCUT2D eigenvalue weighted by atomic mass is 127. The Morgan fingerprint density at radius 3 is 3.10 bits per heavy atom. The number of fused-ring (bicyclic) bond motifs is 1. The van der Waals surface area contributed by atoms with E-state index in [1.165, 1.54) is 4.88 Å². The van der Waals surface area contributed by atoms with Crippen LogP contribution in [0.1, 0.15) is 28.7 Å². The van der Waals surface area contributed by atoms with Gasteiger partial charge in [-0.05, 0) is 30.0 Å². The van der Waals surface area contributed by atoms with E-state index in [1.807, 2.05) is 16.8 Å². The van der Waals surface area contributed by atoms with Crippen molar-refractivity contribution in [3.63, 3.8) is 0 Å². The van der Waals surface area contributed by atoms with Crippen LogP contribution in [0.3, 0.4) is 0 Å². The lowest BCUT2D eigenvalue weighted by Gasteiger charge is -2.25. The third kappa shape index (κ3) is 6.29. The molecule has 0 saturated heterocycles. The van der Waals surface area contributed by atoms with Gasteiger partial charge in [0.05, 0.1) is 19.4 Å². The molecule has 8 nitrogen and oxygen atoms in total. The van der Waals surface area contributed by atoms with Crippen molar-refractivity contribution >= 4 is 41.3 Å². The first kappa shape index (κ1) is 22.8. The number of aliphatic imine (C=N–C) groups is 1. The highest BCUT2D eigenvalue weighted by Crippen LogP contribution is 2.14. The van der Waals surface area contributed by atoms with Gasteiger partial charge in [-0.1, -0.05) is 6.07 Å². The number of halogens is 1. The number of methoxy groups -OCH3 is 1. The molecule has 0 fully saturated rings. The summed E-state index contributed by atoms with van der Waals surface area (Å²) < 4.78 is 12.5. The van der Waals surface area contributed by atoms with Crippen molar-refractivity contribution in [3.8, 4) is 0 Å². The topological polar surface area (TPSA) is 89.5 Å². The molecule has 10 heteroatoms. The van der Waals surface area contributed by atoms with E-state index in [1.54, 1.807) is 24.7 Å². The zero-order valence-electron chi connectivity index (χ0n) is 16.9. The average molecular weight is 542 g/mol. The Balaban J connectivity index is 0.00000256. The molecule has 162 valence electrons. The predicted octanol–water partition coefficient (Wildman–Crippen LogP) is 2.99. The number of nitrogens with zero attached hydrogens (tertiary/aromatic N) is 4. The van der Waals surface area contributed by atoms with Crippen LogP contribution in [-0.2, 0) is 37.3 Å². The van der Waals surface area contributed by atoms with Crippen LogP contribution in [0.15, 0.2) is 45.3 Å². The van der Waals surface area contributed by atoms with E-state index in [9.17, 15) is 0 Å². The zero-order valence-corrected chi connectivity index (χ0v) is 20.1. The van der Waals surface area contributed by atoms with Crippen LogP contribution in [0.25, 0.3) is 0 Å². The summed E-state index contributed by atoms with van der Waals surface area (Å²) in [6, 6.07) is 8.31. The minimum absolute atomic E-state index is 0. The minimum Gasteiger partial charge on any atom is -0.469 e. The maximum atomic E-state index is 5.42. The first-order valence-electron chi connectivity index (χ1n) is 9.81. The Hall–Kier alpha value is -1.92. The van der Waals surface area contributed by atoms with Crippen LogP contribution < -0.4 is 10.6 Å². The number of rotatable bonds is 8. The summed E-state index contributed by atoms with van der Waals surface area (Å²) in [6.07, 6.45) is 4.39. The van der Waals surface area contributed by atoms with Crippen molar-refractivity contribution < 1.29 is 9.15 Å². The first-order chi connectivity index (χ1) is 14.3. The molecule has 1 unspecified atom stereocenters. The van der Waals surface area contributed by atoms with Gasteiger partial charge in [0.1, 0.15) is 18.2 Å². The summed E-state index contributed by atoms with van der Waals surface area (Å²) in [5.74, 6) is 3.55. The number of aryl methyl sites for hydroxylation is 1. The molecule has 4 heterocycles. The van der Waals surface area contributed by atoms with Gasteiger partial charge < -0.3 is 19.8 Å². The van der Waals surface area contributed by atoms with E-state index in [2.05, 4.69) is 38.2 Å². The SMILES string of the molecule is COCc1nc2n(n1)CC(NC(=NCc1cccs1)NCCc1ccco1)CC2.I. The molecule has 3 aromatic heterocycles. The quantitative estimate of drug-likeness (QED) is 0.259. The van der Waals surface area contributed by atoms with Gasteiger partial charge in [0.15, 0.2) is 11.8 Å². The molecule has 0 bridgehead atoms. The molecule has 0 spiro atoms. The zero-order chi connectivity index (χ0) is 19.9. The van der Waals surface area contributed by atoms with Crippen LogP contribution in [-0.4, -0.2) is 40.4 Å². The second kappa shape index (κ2) is 11.5. The molecule has 0 radical (unpaired) electrons. The van der Waals surface area contributed by atoms with Gasteiger partial charge in [-0.3, -0.25) is 0 Å². The maximum absolute atomic E-state index is 5.42. The average Bonchev–Trinajstić information content (AvgIpc) is 3.47. The Kier molecular flexibility index (Phi) is 8.70. The molecule has 1 aliphatic rings. The lowest BCUT2D eigenvalue weighted by molar-refractivity contribution is 0.177. The number of furan rings is 1. The van der Waals surface area contributed by atoms with E-state index in [4.69, 9.17) is 14.1 Å². The van der Waals surface area contributed by atoms with Crippen molar-refractivity contribution in [2.45, 2.75) is 45.0 Å². The van der Waals surface area contributed by atoms with Gasteiger partial charge in [0, 0.05) is 37.4 Å². The Morgan fingerprint density at radius 1 is 1.40 bits per heavy atom. The normalized spacial score (nSPS) is 16.0. The molecule has 0 saturated carbocycles. The van der Waals surface area contributed by atoms with Gasteiger partial charge in [-0.25, -0.2) is 14.7 Å². The molecular weight excluding hydrogens is 515 g/mol. The van der Waals surface area contributed by atoms with Crippen molar-refractivity contribution in [2.75, 3.05) is 13.7 Å². The van der Waals surface area contributed by atoms with Gasteiger partial charge in [-0.15, -0.1) is 35.3 Å². The van der Waals surface area contributed by atoms with E-state index in [-0.39, 0.29) is 30.0 Å². The number of thiophene rings is 1. The molecule has 0 aliphatic carbocycles. The lowest BCUT2D eigenvalue weighted by Crippen LogP contribution is -2.47. The highest BCUT2D eigenvalue weighted by molar-refractivity contribution is 14.0. The largest absolute Gasteiger partial charge is 0.469 e. The second-order valence-corrected chi connectivity index (χ2v) is 7.97. The number of nitrogens with one attached hydrogen (secondary N) is 2. The summed E-state index contributed by atoms with van der Waals surface area (Å²) in [7, 11) is 1.66. The molecule has 3 aromatic rings. The molecule has 0 amide bonds. The standard InChI is InChI=1S/C20H26N6O2S.HI/c1-27-14-18-24-19-7-6-15(13-26(19)25-18)23-20(22-12-17-5-3-11-29-17)21-9-8-16-4-2-10-28-16;/h2-5,10-11,15H,6-9,12-14H2,1H3,(H2,21,22,23);1H.